The maximum absolute atomic E-state index is 12.9. The Morgan fingerprint density at radius 1 is 1.37 bits per heavy atom. The van der Waals surface area contributed by atoms with Crippen LogP contribution in [0.5, 0.6) is 0 Å². The fourth-order valence-electron chi connectivity index (χ4n) is 2.58. The molecule has 1 aliphatic heterocycles. The number of carbonyl (C=O) groups is 1. The lowest BCUT2D eigenvalue weighted by Gasteiger charge is -2.22. The van der Waals surface area contributed by atoms with Crippen molar-refractivity contribution in [3.8, 4) is 11.4 Å². The van der Waals surface area contributed by atoms with Crippen molar-refractivity contribution in [3.63, 3.8) is 0 Å². The molecule has 1 aromatic heterocycles. The second kappa shape index (κ2) is 4.50. The van der Waals surface area contributed by atoms with E-state index in [0.717, 1.165) is 24.2 Å². The highest BCUT2D eigenvalue weighted by Gasteiger charge is 2.28. The SMILES string of the molecule is O=C(O)C1CCCn2c1cnc2-c1ccc(F)cc1. The van der Waals surface area contributed by atoms with Crippen molar-refractivity contribution < 1.29 is 14.3 Å². The van der Waals surface area contributed by atoms with Gasteiger partial charge in [-0.15, -0.1) is 0 Å². The molecule has 1 N–H and O–H groups in total. The van der Waals surface area contributed by atoms with Gasteiger partial charge in [0.15, 0.2) is 0 Å². The summed E-state index contributed by atoms with van der Waals surface area (Å²) in [6, 6.07) is 6.09. The normalized spacial score (nSPS) is 18.1. The Morgan fingerprint density at radius 3 is 2.79 bits per heavy atom. The molecule has 0 bridgehead atoms. The van der Waals surface area contributed by atoms with Gasteiger partial charge in [0.1, 0.15) is 11.6 Å². The number of aromatic nitrogens is 2. The summed E-state index contributed by atoms with van der Waals surface area (Å²) in [5, 5.41) is 9.21. The van der Waals surface area contributed by atoms with Gasteiger partial charge < -0.3 is 9.67 Å². The number of aliphatic carboxylic acids is 1. The molecule has 5 heteroatoms. The number of hydrogen-bond donors (Lipinski definition) is 1. The topological polar surface area (TPSA) is 55.1 Å². The van der Waals surface area contributed by atoms with Crippen LogP contribution >= 0.6 is 0 Å². The standard InChI is InChI=1S/C14H13FN2O2/c15-10-5-3-9(4-6-10)13-16-8-12-11(14(18)19)2-1-7-17(12)13/h3-6,8,11H,1-2,7H2,(H,18,19). The van der Waals surface area contributed by atoms with Crippen molar-refractivity contribution in [2.45, 2.75) is 25.3 Å². The molecule has 0 amide bonds. The molecule has 1 unspecified atom stereocenters. The van der Waals surface area contributed by atoms with Crippen LogP contribution in [0.15, 0.2) is 30.5 Å². The van der Waals surface area contributed by atoms with E-state index >= 15 is 0 Å². The second-order valence-electron chi connectivity index (χ2n) is 4.70. The Hall–Kier alpha value is -2.17. The molecule has 3 rings (SSSR count). The molecule has 2 heterocycles. The van der Waals surface area contributed by atoms with E-state index in [2.05, 4.69) is 4.98 Å². The quantitative estimate of drug-likeness (QED) is 0.903. The van der Waals surface area contributed by atoms with E-state index in [9.17, 15) is 14.3 Å². The number of benzene rings is 1. The van der Waals surface area contributed by atoms with Gasteiger partial charge in [-0.3, -0.25) is 4.79 Å². The van der Waals surface area contributed by atoms with E-state index in [1.807, 2.05) is 4.57 Å². The lowest BCUT2D eigenvalue weighted by molar-refractivity contribution is -0.139. The van der Waals surface area contributed by atoms with E-state index in [-0.39, 0.29) is 5.82 Å². The summed E-state index contributed by atoms with van der Waals surface area (Å²) in [5.74, 6) is -0.888. The Balaban J connectivity index is 2.05. The summed E-state index contributed by atoms with van der Waals surface area (Å²) in [4.78, 5) is 15.5. The van der Waals surface area contributed by atoms with Crippen LogP contribution in [0.4, 0.5) is 4.39 Å². The van der Waals surface area contributed by atoms with Gasteiger partial charge in [-0.25, -0.2) is 9.37 Å². The summed E-state index contributed by atoms with van der Waals surface area (Å²) >= 11 is 0. The van der Waals surface area contributed by atoms with Crippen LogP contribution in [0.25, 0.3) is 11.4 Å². The largest absolute Gasteiger partial charge is 0.481 e. The molecular formula is C14H13FN2O2. The smallest absolute Gasteiger partial charge is 0.312 e. The van der Waals surface area contributed by atoms with Gasteiger partial charge in [0.2, 0.25) is 0 Å². The zero-order valence-electron chi connectivity index (χ0n) is 10.2. The fourth-order valence-corrected chi connectivity index (χ4v) is 2.58. The molecule has 0 radical (unpaired) electrons. The number of carboxylic acids is 1. The van der Waals surface area contributed by atoms with E-state index in [4.69, 9.17) is 0 Å². The van der Waals surface area contributed by atoms with Crippen LogP contribution < -0.4 is 0 Å². The van der Waals surface area contributed by atoms with Gasteiger partial charge in [-0.1, -0.05) is 0 Å². The highest BCUT2D eigenvalue weighted by Crippen LogP contribution is 2.31. The third-order valence-corrected chi connectivity index (χ3v) is 3.52. The van der Waals surface area contributed by atoms with Gasteiger partial charge >= 0.3 is 5.97 Å². The zero-order chi connectivity index (χ0) is 13.4. The summed E-state index contributed by atoms with van der Waals surface area (Å²) in [7, 11) is 0. The average molecular weight is 260 g/mol. The van der Waals surface area contributed by atoms with Gasteiger partial charge in [0.05, 0.1) is 11.6 Å². The Morgan fingerprint density at radius 2 is 2.11 bits per heavy atom. The number of imidazole rings is 1. The summed E-state index contributed by atoms with van der Waals surface area (Å²) in [5.41, 5.74) is 1.54. The Bertz CT molecular complexity index is 619. The highest BCUT2D eigenvalue weighted by atomic mass is 19.1. The van der Waals surface area contributed by atoms with Crippen molar-refractivity contribution in [2.75, 3.05) is 0 Å². The number of carboxylic acid groups (broad SMARTS) is 1. The molecule has 0 saturated heterocycles. The molecular weight excluding hydrogens is 247 g/mol. The minimum atomic E-state index is -0.813. The first-order valence-electron chi connectivity index (χ1n) is 6.21. The summed E-state index contributed by atoms with van der Waals surface area (Å²) in [6.07, 6.45) is 3.08. The first-order valence-corrected chi connectivity index (χ1v) is 6.21. The Labute approximate surface area is 109 Å². The van der Waals surface area contributed by atoms with E-state index in [1.165, 1.54) is 12.1 Å². The minimum Gasteiger partial charge on any atom is -0.481 e. The molecule has 0 aliphatic carbocycles. The second-order valence-corrected chi connectivity index (χ2v) is 4.70. The predicted molar refractivity (Wildman–Crippen MR) is 67.2 cm³/mol. The van der Waals surface area contributed by atoms with Crippen LogP contribution in [0.1, 0.15) is 24.5 Å². The molecule has 19 heavy (non-hydrogen) atoms. The first kappa shape index (κ1) is 11.9. The van der Waals surface area contributed by atoms with Crippen molar-refractivity contribution >= 4 is 5.97 Å². The number of nitrogens with zero attached hydrogens (tertiary/aromatic N) is 2. The molecule has 1 aromatic carbocycles. The molecule has 1 atom stereocenters. The van der Waals surface area contributed by atoms with Crippen molar-refractivity contribution in [2.24, 2.45) is 0 Å². The fraction of sp³-hybridized carbons (Fsp3) is 0.286. The molecule has 98 valence electrons. The molecule has 1 aliphatic rings. The zero-order valence-corrected chi connectivity index (χ0v) is 10.2. The maximum atomic E-state index is 12.9. The van der Waals surface area contributed by atoms with Gasteiger partial charge in [0.25, 0.3) is 0 Å². The number of hydrogen-bond acceptors (Lipinski definition) is 2. The monoisotopic (exact) mass is 260 g/mol. The predicted octanol–water partition coefficient (Wildman–Crippen LogP) is 2.65. The molecule has 0 spiro atoms. The maximum Gasteiger partial charge on any atom is 0.312 e. The third-order valence-electron chi connectivity index (χ3n) is 3.52. The third kappa shape index (κ3) is 2.01. The average Bonchev–Trinajstić information content (AvgIpc) is 2.83. The van der Waals surface area contributed by atoms with Crippen LogP contribution in [-0.2, 0) is 11.3 Å². The molecule has 0 saturated carbocycles. The van der Waals surface area contributed by atoms with E-state index < -0.39 is 11.9 Å². The number of fused-ring (bicyclic) bond motifs is 1. The molecule has 2 aromatic rings. The summed E-state index contributed by atoms with van der Waals surface area (Å²) < 4.78 is 14.9. The van der Waals surface area contributed by atoms with Gasteiger partial charge in [-0.05, 0) is 37.1 Å². The Kier molecular flexibility index (Phi) is 2.81. The van der Waals surface area contributed by atoms with Crippen molar-refractivity contribution in [1.29, 1.82) is 0 Å². The van der Waals surface area contributed by atoms with Crippen LogP contribution in [0, 0.1) is 5.82 Å². The first-order chi connectivity index (χ1) is 9.16. The van der Waals surface area contributed by atoms with Crippen molar-refractivity contribution in [3.05, 3.63) is 42.0 Å². The van der Waals surface area contributed by atoms with Crippen LogP contribution in [0.3, 0.4) is 0 Å². The molecule has 0 fully saturated rings. The highest BCUT2D eigenvalue weighted by molar-refractivity contribution is 5.76. The van der Waals surface area contributed by atoms with Gasteiger partial charge in [0, 0.05) is 18.3 Å². The van der Waals surface area contributed by atoms with Crippen LogP contribution in [-0.4, -0.2) is 20.6 Å². The van der Waals surface area contributed by atoms with Gasteiger partial charge in [-0.2, -0.15) is 0 Å². The number of rotatable bonds is 2. The lowest BCUT2D eigenvalue weighted by atomic mass is 9.96. The lowest BCUT2D eigenvalue weighted by Crippen LogP contribution is -2.21. The van der Waals surface area contributed by atoms with Crippen LogP contribution in [0.2, 0.25) is 0 Å². The summed E-state index contributed by atoms with van der Waals surface area (Å²) in [6.45, 7) is 0.756. The van der Waals surface area contributed by atoms with E-state index in [1.54, 1.807) is 18.3 Å². The van der Waals surface area contributed by atoms with E-state index in [0.29, 0.717) is 12.2 Å². The van der Waals surface area contributed by atoms with Crippen molar-refractivity contribution in [1.82, 2.24) is 9.55 Å². The minimum absolute atomic E-state index is 0.294. The number of halogens is 1. The molecule has 4 nitrogen and oxygen atoms in total.